The second kappa shape index (κ2) is 14.1. The first-order valence-electron chi connectivity index (χ1n) is 14.8. The SMILES string of the molecule is CCOC(=O)[C@@](C)(CCn1cc(F)c(-c2ccc(OCC3CCC(OC4CCCCO4)CC3)cc2)cc1=O)S(C)(=O)=O. The molecule has 1 unspecified atom stereocenters. The fourth-order valence-electron chi connectivity index (χ4n) is 5.41. The van der Waals surface area contributed by atoms with Crippen LogP contribution in [0.5, 0.6) is 5.75 Å². The molecule has 0 N–H and O–H groups in total. The van der Waals surface area contributed by atoms with Crippen LogP contribution < -0.4 is 10.3 Å². The normalized spacial score (nSPS) is 22.7. The molecule has 0 radical (unpaired) electrons. The van der Waals surface area contributed by atoms with Crippen molar-refractivity contribution >= 4 is 15.8 Å². The third kappa shape index (κ3) is 7.99. The number of pyridine rings is 1. The minimum absolute atomic E-state index is 0.0179. The van der Waals surface area contributed by atoms with Gasteiger partial charge in [-0.15, -0.1) is 0 Å². The second-order valence-corrected chi connectivity index (χ2v) is 13.9. The number of carbonyl (C=O) groups is 1. The molecule has 1 aliphatic heterocycles. The maximum absolute atomic E-state index is 15.1. The summed E-state index contributed by atoms with van der Waals surface area (Å²) in [6.07, 6.45) is 9.22. The Bertz CT molecular complexity index is 1360. The van der Waals surface area contributed by atoms with E-state index >= 15 is 4.39 Å². The maximum Gasteiger partial charge on any atom is 0.327 e. The Labute approximate surface area is 247 Å². The van der Waals surface area contributed by atoms with Gasteiger partial charge in [-0.1, -0.05) is 12.1 Å². The Balaban J connectivity index is 1.31. The molecule has 1 saturated carbocycles. The molecule has 0 bridgehead atoms. The van der Waals surface area contributed by atoms with Crippen molar-refractivity contribution in [3.8, 4) is 16.9 Å². The Hall–Kier alpha value is -2.76. The summed E-state index contributed by atoms with van der Waals surface area (Å²) >= 11 is 0. The molecular formula is C31H42FNO8S. The fourth-order valence-corrected chi connectivity index (χ4v) is 6.23. The molecule has 42 heavy (non-hydrogen) atoms. The van der Waals surface area contributed by atoms with E-state index in [9.17, 15) is 18.0 Å². The zero-order valence-corrected chi connectivity index (χ0v) is 25.5. The summed E-state index contributed by atoms with van der Waals surface area (Å²) in [5.74, 6) is -0.430. The van der Waals surface area contributed by atoms with Gasteiger partial charge in [0.15, 0.2) is 20.9 Å². The van der Waals surface area contributed by atoms with Gasteiger partial charge in [0.2, 0.25) is 0 Å². The van der Waals surface area contributed by atoms with Gasteiger partial charge in [0, 0.05) is 37.2 Å². The van der Waals surface area contributed by atoms with E-state index in [0.29, 0.717) is 23.8 Å². The van der Waals surface area contributed by atoms with E-state index in [0.717, 1.165) is 68.6 Å². The molecule has 0 amide bonds. The topological polar surface area (TPSA) is 110 Å². The Kier molecular flexibility index (Phi) is 10.8. The molecule has 232 valence electrons. The predicted molar refractivity (Wildman–Crippen MR) is 157 cm³/mol. The third-order valence-corrected chi connectivity index (χ3v) is 10.4. The Morgan fingerprint density at radius 2 is 1.83 bits per heavy atom. The van der Waals surface area contributed by atoms with E-state index in [-0.39, 0.29) is 37.5 Å². The number of ether oxygens (including phenoxy) is 4. The van der Waals surface area contributed by atoms with Crippen LogP contribution in [0.25, 0.3) is 11.1 Å². The summed E-state index contributed by atoms with van der Waals surface area (Å²) in [6.45, 7) is 4.06. The number of rotatable bonds is 12. The van der Waals surface area contributed by atoms with E-state index in [1.165, 1.54) is 13.0 Å². The van der Waals surface area contributed by atoms with Crippen LogP contribution >= 0.6 is 0 Å². The summed E-state index contributed by atoms with van der Waals surface area (Å²) in [6, 6.07) is 8.09. The van der Waals surface area contributed by atoms with Gasteiger partial charge in [-0.2, -0.15) is 0 Å². The van der Waals surface area contributed by atoms with Crippen molar-refractivity contribution in [1.82, 2.24) is 4.57 Å². The van der Waals surface area contributed by atoms with Crippen molar-refractivity contribution in [2.45, 2.75) is 88.9 Å². The van der Waals surface area contributed by atoms with Crippen LogP contribution in [-0.4, -0.2) is 62.2 Å². The van der Waals surface area contributed by atoms with Crippen LogP contribution in [0.1, 0.15) is 65.2 Å². The molecule has 1 saturated heterocycles. The molecule has 2 aromatic rings. The van der Waals surface area contributed by atoms with Gasteiger partial charge in [-0.3, -0.25) is 9.59 Å². The number of hydrogen-bond acceptors (Lipinski definition) is 8. The quantitative estimate of drug-likeness (QED) is 0.314. The molecule has 2 heterocycles. The first-order chi connectivity index (χ1) is 20.0. The molecule has 9 nitrogen and oxygen atoms in total. The Morgan fingerprint density at radius 1 is 1.12 bits per heavy atom. The average molecular weight is 608 g/mol. The number of halogens is 1. The van der Waals surface area contributed by atoms with Crippen molar-refractivity contribution in [2.75, 3.05) is 26.1 Å². The molecule has 1 aliphatic carbocycles. The van der Waals surface area contributed by atoms with Gasteiger partial charge in [0.25, 0.3) is 5.56 Å². The van der Waals surface area contributed by atoms with Crippen LogP contribution in [0.3, 0.4) is 0 Å². The van der Waals surface area contributed by atoms with Crippen LogP contribution in [0, 0.1) is 11.7 Å². The zero-order valence-electron chi connectivity index (χ0n) is 24.7. The maximum atomic E-state index is 15.1. The van der Waals surface area contributed by atoms with E-state index < -0.39 is 31.9 Å². The Morgan fingerprint density at radius 3 is 2.45 bits per heavy atom. The molecule has 11 heteroatoms. The number of carbonyl (C=O) groups excluding carboxylic acids is 1. The first-order valence-corrected chi connectivity index (χ1v) is 16.7. The number of benzene rings is 1. The summed E-state index contributed by atoms with van der Waals surface area (Å²) < 4.78 is 61.8. The number of aryl methyl sites for hydroxylation is 1. The molecule has 1 aromatic carbocycles. The molecule has 2 fully saturated rings. The summed E-state index contributed by atoms with van der Waals surface area (Å²) in [5, 5.41) is 0. The summed E-state index contributed by atoms with van der Waals surface area (Å²) in [5.41, 5.74) is 0.125. The van der Waals surface area contributed by atoms with Crippen molar-refractivity contribution in [1.29, 1.82) is 0 Å². The highest BCUT2D eigenvalue weighted by Crippen LogP contribution is 2.30. The third-order valence-electron chi connectivity index (χ3n) is 8.36. The molecular weight excluding hydrogens is 565 g/mol. The lowest BCUT2D eigenvalue weighted by atomic mass is 9.88. The molecule has 2 aliphatic rings. The van der Waals surface area contributed by atoms with Crippen LogP contribution in [0.4, 0.5) is 4.39 Å². The monoisotopic (exact) mass is 607 g/mol. The number of esters is 1. The minimum atomic E-state index is -3.86. The number of hydrogen-bond donors (Lipinski definition) is 0. The number of nitrogens with zero attached hydrogens (tertiary/aromatic N) is 1. The van der Waals surface area contributed by atoms with Crippen LogP contribution in [0.2, 0.25) is 0 Å². The highest BCUT2D eigenvalue weighted by Gasteiger charge is 2.44. The molecule has 1 aromatic heterocycles. The van der Waals surface area contributed by atoms with Gasteiger partial charge in [0.1, 0.15) is 11.6 Å². The zero-order chi connectivity index (χ0) is 30.3. The standard InChI is InChI=1S/C31H42FNO8S/c1-4-38-30(35)31(2,42(3,36)37)16-17-33-20-27(32)26(19-28(33)34)23-10-14-24(15-11-23)40-21-22-8-12-25(13-9-22)41-29-7-5-6-18-39-29/h10-11,14-15,19-20,22,25,29H,4-9,12-13,16-18,21H2,1-3H3/t22?,25?,29?,31-/m1/s1. The largest absolute Gasteiger partial charge is 0.493 e. The number of sulfone groups is 1. The van der Waals surface area contributed by atoms with Gasteiger partial charge in [-0.05, 0) is 88.8 Å². The van der Waals surface area contributed by atoms with Crippen molar-refractivity contribution in [3.05, 3.63) is 52.7 Å². The van der Waals surface area contributed by atoms with Crippen molar-refractivity contribution in [3.63, 3.8) is 0 Å². The van der Waals surface area contributed by atoms with E-state index in [1.54, 1.807) is 31.2 Å². The number of aromatic nitrogens is 1. The second-order valence-electron chi connectivity index (χ2n) is 11.5. The van der Waals surface area contributed by atoms with Gasteiger partial charge >= 0.3 is 5.97 Å². The van der Waals surface area contributed by atoms with Crippen molar-refractivity contribution in [2.24, 2.45) is 5.92 Å². The van der Waals surface area contributed by atoms with Gasteiger partial charge in [0.05, 0.1) is 19.3 Å². The molecule has 0 spiro atoms. The highest BCUT2D eigenvalue weighted by atomic mass is 32.2. The minimum Gasteiger partial charge on any atom is -0.493 e. The van der Waals surface area contributed by atoms with Crippen molar-refractivity contribution < 1.29 is 36.6 Å². The lowest BCUT2D eigenvalue weighted by Crippen LogP contribution is -2.45. The fraction of sp³-hybridized carbons (Fsp3) is 0.613. The molecule has 4 rings (SSSR count). The van der Waals surface area contributed by atoms with E-state index in [4.69, 9.17) is 18.9 Å². The van der Waals surface area contributed by atoms with Gasteiger partial charge in [-0.25, -0.2) is 12.8 Å². The first kappa shape index (κ1) is 32.2. The summed E-state index contributed by atoms with van der Waals surface area (Å²) in [7, 11) is -3.86. The predicted octanol–water partition coefficient (Wildman–Crippen LogP) is 4.89. The summed E-state index contributed by atoms with van der Waals surface area (Å²) in [4.78, 5) is 25.2. The van der Waals surface area contributed by atoms with E-state index in [2.05, 4.69) is 0 Å². The molecule has 2 atom stereocenters. The van der Waals surface area contributed by atoms with E-state index in [1.807, 2.05) is 0 Å². The van der Waals surface area contributed by atoms with Crippen LogP contribution in [0.15, 0.2) is 41.3 Å². The highest BCUT2D eigenvalue weighted by molar-refractivity contribution is 7.92. The smallest absolute Gasteiger partial charge is 0.327 e. The lowest BCUT2D eigenvalue weighted by molar-refractivity contribution is -0.194. The average Bonchev–Trinajstić information content (AvgIpc) is 2.97. The lowest BCUT2D eigenvalue weighted by Gasteiger charge is -2.32. The van der Waals surface area contributed by atoms with Gasteiger partial charge < -0.3 is 23.5 Å². The van der Waals surface area contributed by atoms with Crippen LogP contribution in [-0.2, 0) is 35.4 Å².